The molecule has 3 aromatic rings. The molecule has 1 saturated carbocycles. The van der Waals surface area contributed by atoms with Gasteiger partial charge in [-0.25, -0.2) is 15.5 Å². The molecule has 0 unspecified atom stereocenters. The van der Waals surface area contributed by atoms with Gasteiger partial charge in [-0.15, -0.1) is 0 Å². The number of ether oxygens (including phenoxy) is 1. The molecule has 0 bridgehead atoms. The molecular formula is C31H42N3O3+. The van der Waals surface area contributed by atoms with Crippen LogP contribution in [0.3, 0.4) is 0 Å². The van der Waals surface area contributed by atoms with Crippen LogP contribution < -0.4 is 16.1 Å². The molecule has 3 aromatic carbocycles. The fourth-order valence-corrected chi connectivity index (χ4v) is 4.88. The van der Waals surface area contributed by atoms with Crippen molar-refractivity contribution in [1.29, 1.82) is 0 Å². The number of nitrogens with one attached hydrogen (secondary N) is 1. The monoisotopic (exact) mass is 504 g/mol. The van der Waals surface area contributed by atoms with Crippen LogP contribution in [0, 0.1) is 6.92 Å². The number of quaternary nitrogens is 1. The van der Waals surface area contributed by atoms with Gasteiger partial charge in [-0.05, 0) is 84.8 Å². The molecule has 0 saturated heterocycles. The van der Waals surface area contributed by atoms with Crippen LogP contribution in [-0.4, -0.2) is 20.1 Å². The quantitative estimate of drug-likeness (QED) is 0.254. The Bertz CT molecular complexity index is 1150. The van der Waals surface area contributed by atoms with Gasteiger partial charge in [0.25, 0.3) is 0 Å². The van der Waals surface area contributed by atoms with Crippen LogP contribution in [0.15, 0.2) is 60.7 Å². The summed E-state index contributed by atoms with van der Waals surface area (Å²) in [5.41, 5.74) is 7.75. The first-order chi connectivity index (χ1) is 18.0. The fraction of sp³-hybridized carbons (Fsp3) is 0.387. The van der Waals surface area contributed by atoms with Gasteiger partial charge < -0.3 is 15.0 Å². The van der Waals surface area contributed by atoms with Gasteiger partial charge in [0.1, 0.15) is 6.61 Å². The largest absolute Gasteiger partial charge is 0.465 e. The van der Waals surface area contributed by atoms with Crippen molar-refractivity contribution in [3.05, 3.63) is 82.9 Å². The highest BCUT2D eigenvalue weighted by Crippen LogP contribution is 2.35. The second-order valence-electron chi connectivity index (χ2n) is 9.33. The predicted molar refractivity (Wildman–Crippen MR) is 152 cm³/mol. The summed E-state index contributed by atoms with van der Waals surface area (Å²) in [6, 6.07) is 20.9. The summed E-state index contributed by atoms with van der Waals surface area (Å²) in [6.07, 6.45) is 6.70. The second-order valence-corrected chi connectivity index (χ2v) is 9.33. The average Bonchev–Trinajstić information content (AvgIpc) is 2.95. The molecule has 0 heterocycles. The topological polar surface area (TPSA) is 78.4 Å². The summed E-state index contributed by atoms with van der Waals surface area (Å²) in [5, 5.41) is 3.40. The van der Waals surface area contributed by atoms with Crippen molar-refractivity contribution in [2.24, 2.45) is 0 Å². The number of hydrogen-bond donors (Lipinski definition) is 2. The molecule has 1 aliphatic rings. The maximum atomic E-state index is 12.4. The van der Waals surface area contributed by atoms with E-state index in [-0.39, 0.29) is 0 Å². The molecule has 0 aliphatic heterocycles. The number of methoxy groups -OCH3 is 1. The highest BCUT2D eigenvalue weighted by Gasteiger charge is 2.17. The molecule has 198 valence electrons. The molecule has 6 nitrogen and oxygen atoms in total. The molecule has 6 heteroatoms. The van der Waals surface area contributed by atoms with E-state index in [1.54, 1.807) is 6.07 Å². The van der Waals surface area contributed by atoms with Crippen molar-refractivity contribution in [2.75, 3.05) is 24.4 Å². The van der Waals surface area contributed by atoms with Crippen molar-refractivity contribution in [3.8, 4) is 0 Å². The van der Waals surface area contributed by atoms with Crippen molar-refractivity contribution in [1.82, 2.24) is 0 Å². The number of anilines is 4. The number of carbonyl (C=O) groups excluding carboxylic acids is 1. The van der Waals surface area contributed by atoms with Crippen LogP contribution in [0.1, 0.15) is 78.9 Å². The lowest BCUT2D eigenvalue weighted by molar-refractivity contribution is -0.695. The summed E-state index contributed by atoms with van der Waals surface area (Å²) >= 11 is 0. The number of aryl methyl sites for hydroxylation is 1. The number of benzene rings is 3. The standard InChI is InChI=1S/C29H35N3O3.C2H6/c1-20-17-25(32(2)24-12-10-23(11-13-24)22-7-5-4-6-8-22)14-16-27(20)31-28-15-9-21(19-35-30)18-26(28)29(33)34-3;1-2/h9-18,22H,4-8,19H2,1-3,30H3;1-2H3/p+1. The Morgan fingerprint density at radius 3 is 2.22 bits per heavy atom. The Morgan fingerprint density at radius 1 is 0.946 bits per heavy atom. The molecule has 37 heavy (non-hydrogen) atoms. The molecule has 0 amide bonds. The third-order valence-electron chi connectivity index (χ3n) is 6.98. The zero-order valence-corrected chi connectivity index (χ0v) is 23.0. The molecule has 0 atom stereocenters. The Morgan fingerprint density at radius 2 is 1.59 bits per heavy atom. The first kappa shape index (κ1) is 28.2. The zero-order valence-electron chi connectivity index (χ0n) is 23.0. The Labute approximate surface area is 221 Å². The zero-order chi connectivity index (χ0) is 26.8. The van der Waals surface area contributed by atoms with Crippen LogP contribution in [0.5, 0.6) is 0 Å². The molecular weight excluding hydrogens is 462 g/mol. The third kappa shape index (κ3) is 7.12. The molecule has 0 spiro atoms. The van der Waals surface area contributed by atoms with E-state index in [1.165, 1.54) is 50.5 Å². The number of hydrogen-bond acceptors (Lipinski definition) is 5. The van der Waals surface area contributed by atoms with Crippen molar-refractivity contribution >= 4 is 28.7 Å². The molecule has 0 aromatic heterocycles. The lowest BCUT2D eigenvalue weighted by Gasteiger charge is -2.24. The van der Waals surface area contributed by atoms with E-state index < -0.39 is 5.97 Å². The van der Waals surface area contributed by atoms with Gasteiger partial charge in [0.05, 0.1) is 18.4 Å². The molecule has 1 fully saturated rings. The van der Waals surface area contributed by atoms with Crippen LogP contribution >= 0.6 is 0 Å². The Kier molecular flexibility index (Phi) is 10.5. The van der Waals surface area contributed by atoms with E-state index in [0.717, 1.165) is 22.5 Å². The van der Waals surface area contributed by atoms with E-state index >= 15 is 0 Å². The Hall–Kier alpha value is -3.35. The lowest BCUT2D eigenvalue weighted by atomic mass is 9.84. The highest BCUT2D eigenvalue weighted by molar-refractivity contribution is 5.97. The number of rotatable bonds is 8. The van der Waals surface area contributed by atoms with Gasteiger partial charge in [0.15, 0.2) is 0 Å². The van der Waals surface area contributed by atoms with Gasteiger partial charge in [-0.2, -0.15) is 0 Å². The van der Waals surface area contributed by atoms with E-state index in [2.05, 4.69) is 66.5 Å². The number of nitrogens with zero attached hydrogens (tertiary/aromatic N) is 1. The van der Waals surface area contributed by atoms with Gasteiger partial charge in [-0.1, -0.05) is 51.3 Å². The smallest absolute Gasteiger partial charge is 0.339 e. The minimum atomic E-state index is -0.399. The van der Waals surface area contributed by atoms with E-state index in [0.29, 0.717) is 23.8 Å². The molecule has 4 N–H and O–H groups in total. The van der Waals surface area contributed by atoms with E-state index in [1.807, 2.05) is 32.0 Å². The minimum Gasteiger partial charge on any atom is -0.465 e. The van der Waals surface area contributed by atoms with Crippen LogP contribution in [0.2, 0.25) is 0 Å². The third-order valence-corrected chi connectivity index (χ3v) is 6.98. The Balaban J connectivity index is 0.00000186. The first-order valence-electron chi connectivity index (χ1n) is 13.3. The summed E-state index contributed by atoms with van der Waals surface area (Å²) in [5.74, 6) is 3.73. The normalized spacial score (nSPS) is 13.4. The van der Waals surface area contributed by atoms with E-state index in [9.17, 15) is 4.79 Å². The molecule has 0 radical (unpaired) electrons. The van der Waals surface area contributed by atoms with E-state index in [4.69, 9.17) is 9.57 Å². The molecule has 4 rings (SSSR count). The van der Waals surface area contributed by atoms with Gasteiger partial charge in [0.2, 0.25) is 0 Å². The summed E-state index contributed by atoms with van der Waals surface area (Å²) in [6.45, 7) is 6.39. The van der Waals surface area contributed by atoms with Gasteiger partial charge in [-0.3, -0.25) is 0 Å². The fourth-order valence-electron chi connectivity index (χ4n) is 4.88. The number of carbonyl (C=O) groups is 1. The minimum absolute atomic E-state index is 0.325. The summed E-state index contributed by atoms with van der Waals surface area (Å²) in [4.78, 5) is 19.5. The average molecular weight is 505 g/mol. The van der Waals surface area contributed by atoms with Crippen molar-refractivity contribution in [3.63, 3.8) is 0 Å². The SMILES string of the molecule is CC.COC(=O)c1cc(CO[NH3+])ccc1Nc1ccc(N(C)c2ccc(C3CCCCC3)cc2)cc1C. The predicted octanol–water partition coefficient (Wildman–Crippen LogP) is 7.04. The van der Waals surface area contributed by atoms with Gasteiger partial charge >= 0.3 is 5.97 Å². The number of esters is 1. The molecule has 1 aliphatic carbocycles. The summed E-state index contributed by atoms with van der Waals surface area (Å²) < 4.78 is 4.98. The van der Waals surface area contributed by atoms with Crippen LogP contribution in [0.4, 0.5) is 22.7 Å². The van der Waals surface area contributed by atoms with Crippen molar-refractivity contribution in [2.45, 2.75) is 65.4 Å². The maximum absolute atomic E-state index is 12.4. The van der Waals surface area contributed by atoms with Crippen molar-refractivity contribution < 1.29 is 20.3 Å². The van der Waals surface area contributed by atoms with Crippen LogP contribution in [-0.2, 0) is 16.2 Å². The first-order valence-corrected chi connectivity index (χ1v) is 13.3. The highest BCUT2D eigenvalue weighted by atomic mass is 16.6. The van der Waals surface area contributed by atoms with Crippen LogP contribution in [0.25, 0.3) is 0 Å². The summed E-state index contributed by atoms with van der Waals surface area (Å²) in [7, 11) is 3.48. The lowest BCUT2D eigenvalue weighted by Crippen LogP contribution is -2.48. The maximum Gasteiger partial charge on any atom is 0.339 e. The second kappa shape index (κ2) is 13.8. The van der Waals surface area contributed by atoms with Gasteiger partial charge in [0, 0.05) is 24.1 Å².